The monoisotopic (exact) mass is 536 g/mol. The number of anilines is 2. The molecule has 2 unspecified atom stereocenters. The summed E-state index contributed by atoms with van der Waals surface area (Å²) in [5, 5.41) is 3.96. The summed E-state index contributed by atoms with van der Waals surface area (Å²) in [6, 6.07) is 11.8. The highest BCUT2D eigenvalue weighted by Crippen LogP contribution is 2.31. The van der Waals surface area contributed by atoms with E-state index in [-0.39, 0.29) is 18.3 Å². The summed E-state index contributed by atoms with van der Waals surface area (Å²) in [5.41, 5.74) is 0.712. The van der Waals surface area contributed by atoms with Crippen molar-refractivity contribution in [2.75, 3.05) is 23.1 Å². The standard InChI is InChI=1S/C27H35F3N4O2S/c1-4-8-20(3)33-15-13-25(14-16-33)34(19-21-9-6-12-24(17-21)32-37(36)5-2)26(35)31-23-11-7-10-22(18-23)27(28,29)30/h5-7,9-12,17-18,20,25,32H,2,4,8,13-16,19H2,1,3H3,(H,31,35). The third kappa shape index (κ3) is 8.41. The van der Waals surface area contributed by atoms with Crippen LogP contribution in [0.25, 0.3) is 0 Å². The number of amides is 2. The van der Waals surface area contributed by atoms with Crippen LogP contribution in [0.2, 0.25) is 0 Å². The molecule has 10 heteroatoms. The van der Waals surface area contributed by atoms with Gasteiger partial charge < -0.3 is 19.7 Å². The first kappa shape index (κ1) is 28.9. The second-order valence-electron chi connectivity index (χ2n) is 9.31. The molecule has 0 radical (unpaired) electrons. The van der Waals surface area contributed by atoms with Gasteiger partial charge in [0.2, 0.25) is 0 Å². The van der Waals surface area contributed by atoms with Gasteiger partial charge in [0.15, 0.2) is 0 Å². The first-order chi connectivity index (χ1) is 17.6. The lowest BCUT2D eigenvalue weighted by Crippen LogP contribution is -2.50. The van der Waals surface area contributed by atoms with Crippen molar-refractivity contribution < 1.29 is 22.5 Å². The number of benzene rings is 2. The summed E-state index contributed by atoms with van der Waals surface area (Å²) in [6.07, 6.45) is -0.754. The molecule has 2 atom stereocenters. The van der Waals surface area contributed by atoms with Gasteiger partial charge in [0.1, 0.15) is 5.41 Å². The molecular formula is C27H35F3N4O2S. The Morgan fingerprint density at radius 1 is 1.22 bits per heavy atom. The van der Waals surface area contributed by atoms with Crippen molar-refractivity contribution in [1.82, 2.24) is 9.80 Å². The van der Waals surface area contributed by atoms with E-state index in [1.54, 1.807) is 17.0 Å². The molecule has 0 aromatic heterocycles. The number of halogens is 3. The van der Waals surface area contributed by atoms with Gasteiger partial charge in [0, 0.05) is 37.4 Å². The van der Waals surface area contributed by atoms with Crippen molar-refractivity contribution >= 4 is 28.8 Å². The normalized spacial score (nSPS) is 16.6. The molecule has 2 N–H and O–H groups in total. The smallest absolute Gasteiger partial charge is 0.416 e. The molecule has 2 amide bonds. The maximum Gasteiger partial charge on any atom is 0.416 e. The Kier molecular flexibility index (Phi) is 10.3. The van der Waals surface area contributed by atoms with E-state index < -0.39 is 29.1 Å². The van der Waals surface area contributed by atoms with E-state index in [1.807, 2.05) is 12.1 Å². The molecule has 0 bridgehead atoms. The van der Waals surface area contributed by atoms with Crippen LogP contribution in [0, 0.1) is 0 Å². The van der Waals surface area contributed by atoms with Crippen molar-refractivity contribution in [3.63, 3.8) is 0 Å². The second kappa shape index (κ2) is 13.2. The van der Waals surface area contributed by atoms with Gasteiger partial charge in [-0.25, -0.2) is 9.52 Å². The van der Waals surface area contributed by atoms with Crippen LogP contribution < -0.4 is 10.0 Å². The second-order valence-corrected chi connectivity index (χ2v) is 10.4. The fourth-order valence-corrected chi connectivity index (χ4v) is 5.10. The minimum atomic E-state index is -4.50. The number of urea groups is 1. The Labute approximate surface area is 220 Å². The molecule has 3 rings (SSSR count). The number of piperidine rings is 1. The Bertz CT molecular complexity index is 1040. The predicted octanol–water partition coefficient (Wildman–Crippen LogP) is 6.61. The molecule has 1 aliphatic heterocycles. The van der Waals surface area contributed by atoms with Gasteiger partial charge in [0.05, 0.1) is 22.6 Å². The van der Waals surface area contributed by atoms with Crippen molar-refractivity contribution in [3.8, 4) is 0 Å². The lowest BCUT2D eigenvalue weighted by Gasteiger charge is -2.40. The molecule has 202 valence electrons. The molecule has 0 spiro atoms. The van der Waals surface area contributed by atoms with Gasteiger partial charge in [-0.15, -0.1) is 0 Å². The molecule has 0 saturated carbocycles. The first-order valence-electron chi connectivity index (χ1n) is 12.5. The van der Waals surface area contributed by atoms with Crippen molar-refractivity contribution in [2.24, 2.45) is 0 Å². The molecule has 1 heterocycles. The van der Waals surface area contributed by atoms with Crippen LogP contribution >= 0.6 is 0 Å². The molecular weight excluding hydrogens is 501 g/mol. The molecule has 0 aliphatic carbocycles. The Morgan fingerprint density at radius 3 is 2.54 bits per heavy atom. The molecule has 1 saturated heterocycles. The summed E-state index contributed by atoms with van der Waals surface area (Å²) in [5.74, 6) is 0. The highest BCUT2D eigenvalue weighted by atomic mass is 32.2. The maximum atomic E-state index is 13.4. The van der Waals surface area contributed by atoms with E-state index >= 15 is 0 Å². The van der Waals surface area contributed by atoms with Crippen LogP contribution in [-0.2, 0) is 24.1 Å². The highest BCUT2D eigenvalue weighted by Gasteiger charge is 2.32. The Balaban J connectivity index is 1.80. The van der Waals surface area contributed by atoms with E-state index in [0.717, 1.165) is 56.5 Å². The predicted molar refractivity (Wildman–Crippen MR) is 143 cm³/mol. The quantitative estimate of drug-likeness (QED) is 0.335. The summed E-state index contributed by atoms with van der Waals surface area (Å²) in [4.78, 5) is 17.6. The van der Waals surface area contributed by atoms with Gasteiger partial charge in [0.25, 0.3) is 0 Å². The Morgan fingerprint density at radius 2 is 1.89 bits per heavy atom. The topological polar surface area (TPSA) is 70.7 Å². The van der Waals surface area contributed by atoms with Crippen LogP contribution in [0.5, 0.6) is 0 Å². The van der Waals surface area contributed by atoms with Crippen molar-refractivity contribution in [1.29, 1.82) is 0 Å². The van der Waals surface area contributed by atoms with Crippen LogP contribution in [0.3, 0.4) is 0 Å². The van der Waals surface area contributed by atoms with Gasteiger partial charge in [-0.05, 0) is 68.7 Å². The van der Waals surface area contributed by atoms with Crippen LogP contribution in [0.15, 0.2) is 60.5 Å². The number of hydrogen-bond donors (Lipinski definition) is 2. The summed E-state index contributed by atoms with van der Waals surface area (Å²) in [6.45, 7) is 9.84. The first-order valence-corrected chi connectivity index (χ1v) is 13.7. The number of likely N-dealkylation sites (tertiary alicyclic amines) is 1. The van der Waals surface area contributed by atoms with E-state index in [0.29, 0.717) is 11.7 Å². The number of nitrogens with zero attached hydrogens (tertiary/aromatic N) is 2. The number of nitrogens with one attached hydrogen (secondary N) is 2. The van der Waals surface area contributed by atoms with E-state index in [1.165, 1.54) is 17.5 Å². The van der Waals surface area contributed by atoms with Crippen molar-refractivity contribution in [2.45, 2.75) is 64.3 Å². The lowest BCUT2D eigenvalue weighted by molar-refractivity contribution is -0.137. The van der Waals surface area contributed by atoms with E-state index in [4.69, 9.17) is 0 Å². The molecule has 2 aromatic rings. The van der Waals surface area contributed by atoms with E-state index in [2.05, 4.69) is 35.4 Å². The number of hydrogen-bond acceptors (Lipinski definition) is 4. The molecule has 1 aliphatic rings. The van der Waals surface area contributed by atoms with Gasteiger partial charge in [-0.3, -0.25) is 0 Å². The van der Waals surface area contributed by atoms with Crippen molar-refractivity contribution in [3.05, 3.63) is 71.6 Å². The van der Waals surface area contributed by atoms with Crippen LogP contribution in [0.1, 0.15) is 50.7 Å². The summed E-state index contributed by atoms with van der Waals surface area (Å²) < 4.78 is 54.2. The lowest BCUT2D eigenvalue weighted by atomic mass is 10.00. The van der Waals surface area contributed by atoms with Crippen LogP contribution in [0.4, 0.5) is 29.3 Å². The maximum absolute atomic E-state index is 13.4. The zero-order chi connectivity index (χ0) is 27.0. The number of rotatable bonds is 10. The average Bonchev–Trinajstić information content (AvgIpc) is 2.87. The van der Waals surface area contributed by atoms with Gasteiger partial charge >= 0.3 is 12.2 Å². The summed E-state index contributed by atoms with van der Waals surface area (Å²) >= 11 is -1.44. The minimum Gasteiger partial charge on any atom is -0.588 e. The SMILES string of the molecule is C=C[S+]([O-])Nc1cccc(CN(C(=O)Nc2cccc(C(F)(F)F)c2)C2CCN(C(C)CCC)CC2)c1. The third-order valence-electron chi connectivity index (χ3n) is 6.62. The number of carbonyl (C=O) groups is 1. The van der Waals surface area contributed by atoms with E-state index in [9.17, 15) is 22.5 Å². The molecule has 6 nitrogen and oxygen atoms in total. The fourth-order valence-electron chi connectivity index (χ4n) is 4.66. The highest BCUT2D eigenvalue weighted by molar-refractivity contribution is 7.95. The van der Waals surface area contributed by atoms with Crippen LogP contribution in [-0.4, -0.2) is 45.6 Å². The van der Waals surface area contributed by atoms with Gasteiger partial charge in [-0.2, -0.15) is 13.2 Å². The molecule has 2 aromatic carbocycles. The zero-order valence-corrected chi connectivity index (χ0v) is 22.1. The number of alkyl halides is 3. The summed E-state index contributed by atoms with van der Waals surface area (Å²) in [7, 11) is 0. The minimum absolute atomic E-state index is 0.0743. The number of carbonyl (C=O) groups excluding carboxylic acids is 1. The van der Waals surface area contributed by atoms with Gasteiger partial charge in [-0.1, -0.05) is 31.5 Å². The largest absolute Gasteiger partial charge is 0.588 e. The molecule has 1 fully saturated rings. The third-order valence-corrected chi connectivity index (χ3v) is 7.36. The fraction of sp³-hybridized carbons (Fsp3) is 0.444. The zero-order valence-electron chi connectivity index (χ0n) is 21.3. The average molecular weight is 537 g/mol. The molecule has 37 heavy (non-hydrogen) atoms. The Hall–Kier alpha value is -2.69.